The average molecular weight is 275 g/mol. The summed E-state index contributed by atoms with van der Waals surface area (Å²) in [6.07, 6.45) is 0.0540. The lowest BCUT2D eigenvalue weighted by molar-refractivity contribution is 0.0970. The highest BCUT2D eigenvalue weighted by Crippen LogP contribution is 2.31. The quantitative estimate of drug-likeness (QED) is 0.613. The van der Waals surface area contributed by atoms with Crippen LogP contribution >= 0.6 is 11.6 Å². The monoisotopic (exact) mass is 274 g/mol. The van der Waals surface area contributed by atoms with Crippen LogP contribution in [0.4, 0.5) is 0 Å². The summed E-state index contributed by atoms with van der Waals surface area (Å²) >= 11 is 6.06. The van der Waals surface area contributed by atoms with Crippen molar-refractivity contribution in [2.75, 3.05) is 5.75 Å². The number of Topliss-reactive ketones (excluding diaryl/α,β-unsaturated/α-hetero) is 1. The molecule has 0 aliphatic heterocycles. The number of hydrogen-bond acceptors (Lipinski definition) is 3. The van der Waals surface area contributed by atoms with E-state index in [1.165, 1.54) is 6.92 Å². The van der Waals surface area contributed by atoms with Crippen LogP contribution in [0, 0.1) is 0 Å². The van der Waals surface area contributed by atoms with Gasteiger partial charge >= 0.3 is 0 Å². The van der Waals surface area contributed by atoms with Crippen molar-refractivity contribution in [2.45, 2.75) is 24.5 Å². The van der Waals surface area contributed by atoms with E-state index in [-0.39, 0.29) is 12.2 Å². The topological polar surface area (TPSA) is 51.2 Å². The summed E-state index contributed by atoms with van der Waals surface area (Å²) in [6.45, 7) is 3.08. The van der Waals surface area contributed by atoms with Crippen LogP contribution in [0.3, 0.4) is 0 Å². The summed E-state index contributed by atoms with van der Waals surface area (Å²) in [4.78, 5) is 12.2. The molecule has 0 N–H and O–H groups in total. The molecule has 0 saturated heterocycles. The third kappa shape index (κ3) is 2.53. The second-order valence-corrected chi connectivity index (χ2v) is 7.05. The maximum atomic E-state index is 12.2. The Kier molecular flexibility index (Phi) is 4.33. The first-order valence-electron chi connectivity index (χ1n) is 5.40. The van der Waals surface area contributed by atoms with Crippen molar-refractivity contribution >= 4 is 27.2 Å². The van der Waals surface area contributed by atoms with Crippen molar-refractivity contribution in [3.8, 4) is 0 Å². The van der Waals surface area contributed by atoms with Gasteiger partial charge in [-0.2, -0.15) is 0 Å². The van der Waals surface area contributed by atoms with Crippen molar-refractivity contribution in [1.29, 1.82) is 0 Å². The van der Waals surface area contributed by atoms with E-state index in [1.807, 2.05) is 0 Å². The third-order valence-electron chi connectivity index (χ3n) is 2.70. The van der Waals surface area contributed by atoms with Crippen LogP contribution < -0.4 is 0 Å². The van der Waals surface area contributed by atoms with E-state index in [1.54, 1.807) is 37.3 Å². The fourth-order valence-electron chi connectivity index (χ4n) is 1.56. The first-order valence-corrected chi connectivity index (χ1v) is 7.43. The molecule has 1 rings (SSSR count). The Labute approximate surface area is 107 Å². The smallest absolute Gasteiger partial charge is 0.207 e. The second-order valence-electron chi connectivity index (χ2n) is 3.68. The molecule has 0 heterocycles. The summed E-state index contributed by atoms with van der Waals surface area (Å²) in [6, 6.07) is 8.26. The predicted molar refractivity (Wildman–Crippen MR) is 69.1 cm³/mol. The van der Waals surface area contributed by atoms with Gasteiger partial charge in [-0.25, -0.2) is 8.42 Å². The molecule has 0 saturated carbocycles. The highest BCUT2D eigenvalue weighted by molar-refractivity contribution is 7.95. The zero-order chi connectivity index (χ0) is 13.1. The SMILES string of the molecule is CC[C@](Cl)(C(=O)c1ccccc1)S(=O)(=O)CC. The number of carbonyl (C=O) groups is 1. The van der Waals surface area contributed by atoms with Gasteiger partial charge < -0.3 is 0 Å². The van der Waals surface area contributed by atoms with Crippen LogP contribution in [-0.4, -0.2) is 24.2 Å². The first-order chi connectivity index (χ1) is 7.89. The largest absolute Gasteiger partial charge is 0.291 e. The molecule has 0 unspecified atom stereocenters. The molecule has 0 bridgehead atoms. The molecular weight excluding hydrogens is 260 g/mol. The summed E-state index contributed by atoms with van der Waals surface area (Å²) in [5.41, 5.74) is 0.321. The van der Waals surface area contributed by atoms with E-state index in [0.29, 0.717) is 5.56 Å². The Balaban J connectivity index is 3.26. The lowest BCUT2D eigenvalue weighted by Gasteiger charge is -2.23. The molecule has 0 spiro atoms. The van der Waals surface area contributed by atoms with Crippen LogP contribution in [0.2, 0.25) is 0 Å². The maximum absolute atomic E-state index is 12.2. The molecule has 17 heavy (non-hydrogen) atoms. The normalized spacial score (nSPS) is 15.2. The Hall–Kier alpha value is -0.870. The summed E-state index contributed by atoms with van der Waals surface area (Å²) < 4.78 is 22.0. The van der Waals surface area contributed by atoms with Crippen LogP contribution in [0.25, 0.3) is 0 Å². The van der Waals surface area contributed by atoms with Gasteiger partial charge in [0.15, 0.2) is 15.6 Å². The molecule has 0 radical (unpaired) electrons. The Morgan fingerprint density at radius 1 is 1.24 bits per heavy atom. The molecule has 3 nitrogen and oxygen atoms in total. The van der Waals surface area contributed by atoms with Crippen LogP contribution in [0.1, 0.15) is 30.6 Å². The van der Waals surface area contributed by atoms with E-state index in [9.17, 15) is 13.2 Å². The lowest BCUT2D eigenvalue weighted by atomic mass is 10.1. The van der Waals surface area contributed by atoms with Gasteiger partial charge in [-0.1, -0.05) is 55.8 Å². The van der Waals surface area contributed by atoms with Crippen LogP contribution in [-0.2, 0) is 9.84 Å². The fraction of sp³-hybridized carbons (Fsp3) is 0.417. The Bertz CT molecular complexity index is 496. The lowest BCUT2D eigenvalue weighted by Crippen LogP contribution is -2.41. The van der Waals surface area contributed by atoms with E-state index >= 15 is 0 Å². The minimum absolute atomic E-state index is 0.0540. The standard InChI is InChI=1S/C12H15ClO3S/c1-3-12(13,17(15,16)4-2)11(14)10-8-6-5-7-9-10/h5-9H,3-4H2,1-2H3/t12-/m1/s1. The number of sulfone groups is 1. The van der Waals surface area contributed by atoms with Gasteiger partial charge in [0.1, 0.15) is 0 Å². The van der Waals surface area contributed by atoms with Gasteiger partial charge in [-0.15, -0.1) is 0 Å². The van der Waals surface area contributed by atoms with Crippen molar-refractivity contribution in [2.24, 2.45) is 0 Å². The van der Waals surface area contributed by atoms with Crippen molar-refractivity contribution < 1.29 is 13.2 Å². The minimum atomic E-state index is -3.64. The molecule has 0 aromatic heterocycles. The number of carbonyl (C=O) groups excluding carboxylic acids is 1. The van der Waals surface area contributed by atoms with Gasteiger partial charge in [0.2, 0.25) is 4.21 Å². The molecule has 1 aromatic carbocycles. The molecule has 0 aliphatic carbocycles. The van der Waals surface area contributed by atoms with E-state index in [2.05, 4.69) is 0 Å². The molecule has 0 aliphatic rings. The zero-order valence-electron chi connectivity index (χ0n) is 9.81. The van der Waals surface area contributed by atoms with Gasteiger partial charge in [-0.3, -0.25) is 4.79 Å². The van der Waals surface area contributed by atoms with E-state index < -0.39 is 19.8 Å². The highest BCUT2D eigenvalue weighted by Gasteiger charge is 2.46. The molecule has 5 heteroatoms. The third-order valence-corrected chi connectivity index (χ3v) is 6.07. The van der Waals surface area contributed by atoms with Gasteiger partial charge in [0.05, 0.1) is 0 Å². The van der Waals surface area contributed by atoms with Crippen LogP contribution in [0.15, 0.2) is 30.3 Å². The number of rotatable bonds is 5. The Morgan fingerprint density at radius 3 is 2.18 bits per heavy atom. The zero-order valence-corrected chi connectivity index (χ0v) is 11.4. The highest BCUT2D eigenvalue weighted by atomic mass is 35.5. The first kappa shape index (κ1) is 14.2. The number of benzene rings is 1. The Morgan fingerprint density at radius 2 is 1.76 bits per heavy atom. The molecule has 0 amide bonds. The fourth-order valence-corrected chi connectivity index (χ4v) is 3.29. The minimum Gasteiger partial charge on any atom is -0.291 e. The number of alkyl halides is 1. The molecule has 94 valence electrons. The molecule has 1 aromatic rings. The second kappa shape index (κ2) is 5.19. The van der Waals surface area contributed by atoms with Crippen LogP contribution in [0.5, 0.6) is 0 Å². The van der Waals surface area contributed by atoms with E-state index in [0.717, 1.165) is 0 Å². The van der Waals surface area contributed by atoms with Gasteiger partial charge in [0, 0.05) is 11.3 Å². The molecular formula is C12H15ClO3S. The number of halogens is 1. The van der Waals surface area contributed by atoms with Gasteiger partial charge in [0.25, 0.3) is 0 Å². The number of ketones is 1. The van der Waals surface area contributed by atoms with Gasteiger partial charge in [-0.05, 0) is 6.42 Å². The predicted octanol–water partition coefficient (Wildman–Crippen LogP) is 2.65. The van der Waals surface area contributed by atoms with Crippen molar-refractivity contribution in [3.05, 3.63) is 35.9 Å². The number of hydrogen-bond donors (Lipinski definition) is 0. The van der Waals surface area contributed by atoms with Crippen molar-refractivity contribution in [3.63, 3.8) is 0 Å². The van der Waals surface area contributed by atoms with Crippen molar-refractivity contribution in [1.82, 2.24) is 0 Å². The average Bonchev–Trinajstić information content (AvgIpc) is 2.37. The molecule has 0 fully saturated rings. The molecule has 1 atom stereocenters. The summed E-state index contributed by atoms with van der Waals surface area (Å²) in [7, 11) is -3.64. The summed E-state index contributed by atoms with van der Waals surface area (Å²) in [5, 5.41) is 0. The van der Waals surface area contributed by atoms with E-state index in [4.69, 9.17) is 11.6 Å². The maximum Gasteiger partial charge on any atom is 0.207 e. The summed E-state index contributed by atoms with van der Waals surface area (Å²) in [5.74, 6) is -0.702.